The van der Waals surface area contributed by atoms with Crippen LogP contribution in [0.5, 0.6) is 0 Å². The van der Waals surface area contributed by atoms with E-state index in [1.54, 1.807) is 18.6 Å². The second-order valence-electron chi connectivity index (χ2n) is 28.4. The Labute approximate surface area is 694 Å². The fourth-order valence-electron chi connectivity index (χ4n) is 14.4. The Morgan fingerprint density at radius 2 is 0.400 bits per heavy atom. The van der Waals surface area contributed by atoms with E-state index in [9.17, 15) is 0 Å². The number of hydrogen-bond donors (Lipinski definition) is 0. The predicted molar refractivity (Wildman–Crippen MR) is 480 cm³/mol. The van der Waals surface area contributed by atoms with Crippen LogP contribution in [0.3, 0.4) is 0 Å². The van der Waals surface area contributed by atoms with E-state index in [0.29, 0.717) is 40.4 Å². The van der Waals surface area contributed by atoms with Gasteiger partial charge >= 0.3 is 0 Å². The van der Waals surface area contributed by atoms with Crippen molar-refractivity contribution >= 4 is 0 Å². The van der Waals surface area contributed by atoms with Gasteiger partial charge in [-0.3, -0.25) is 19.9 Å². The Kier molecular flexibility index (Phi) is 21.0. The van der Waals surface area contributed by atoms with Gasteiger partial charge in [-0.15, -0.1) is 0 Å². The summed E-state index contributed by atoms with van der Waals surface area (Å²) in [6, 6.07) is 134. The van der Waals surface area contributed by atoms with Crippen LogP contribution < -0.4 is 0 Å². The monoisotopic (exact) mass is 1540 g/mol. The second kappa shape index (κ2) is 34.2. The maximum absolute atomic E-state index is 5.23. The van der Waals surface area contributed by atoms with Gasteiger partial charge in [0.1, 0.15) is 0 Å². The van der Waals surface area contributed by atoms with Crippen LogP contribution in [-0.2, 0) is 0 Å². The van der Waals surface area contributed by atoms with Crippen LogP contribution in [0.4, 0.5) is 0 Å². The fraction of sp³-hybridized carbons (Fsp3) is 0. The van der Waals surface area contributed by atoms with Crippen LogP contribution in [-0.4, -0.2) is 69.8 Å². The molecule has 10 aromatic carbocycles. The molecule has 0 saturated heterocycles. The van der Waals surface area contributed by atoms with Gasteiger partial charge in [-0.05, 0) is 125 Å². The number of aromatic nitrogens is 14. The highest BCUT2D eigenvalue weighted by Gasteiger charge is 2.22. The molecule has 14 heteroatoms. The van der Waals surface area contributed by atoms with Crippen molar-refractivity contribution in [2.45, 2.75) is 0 Å². The molecule has 0 aliphatic heterocycles. The number of benzene rings is 10. The second-order valence-corrected chi connectivity index (χ2v) is 28.4. The molecule has 0 saturated carbocycles. The van der Waals surface area contributed by atoms with Crippen molar-refractivity contribution in [3.63, 3.8) is 0 Å². The van der Waals surface area contributed by atoms with E-state index >= 15 is 0 Å². The molecule has 0 radical (unpaired) electrons. The number of rotatable bonds is 18. The Morgan fingerprint density at radius 3 is 0.808 bits per heavy atom. The van der Waals surface area contributed by atoms with Crippen LogP contribution >= 0.6 is 0 Å². The van der Waals surface area contributed by atoms with Gasteiger partial charge < -0.3 is 0 Å². The zero-order valence-electron chi connectivity index (χ0n) is 64.7. The van der Waals surface area contributed by atoms with Crippen molar-refractivity contribution in [3.05, 3.63) is 425 Å². The molecule has 0 unspecified atom stereocenters. The van der Waals surface area contributed by atoms with Gasteiger partial charge in [0, 0.05) is 91.5 Å². The van der Waals surface area contributed by atoms with E-state index in [0.717, 1.165) is 163 Å². The standard InChI is InChI=1S/2C53H35N7/c1-5-17-36(18-6-1)45-34-47(59-52(57-45)38-21-9-3-10-22-38)41-26-15-25-40(31-41)42-32-49(44-28-13-14-29-54-44)56-50(33-42)51-43(27-16-30-55-51)48-35-46(37-19-7-2-8-20-37)58-53(60-48)39-23-11-4-12-24-39;1-5-15-37(16-6-1)45-34-47(59-52(57-45)40-19-9-3-10-20-40)39-26-24-36(25-27-39)43-32-50(44-23-13-14-29-54-44)56-51(33-43)49-31-42(28-30-55-49)48-35-46(38-17-7-2-8-18-38)58-53(60-48)41-21-11-4-12-22-41/h2*1-35H. The molecule has 0 aliphatic rings. The smallest absolute Gasteiger partial charge is 0.160 e. The summed E-state index contributed by atoms with van der Waals surface area (Å²) in [5, 5.41) is 0. The molecule has 20 rings (SSSR count). The maximum Gasteiger partial charge on any atom is 0.160 e. The average Bonchev–Trinajstić information content (AvgIpc) is 0.760. The van der Waals surface area contributed by atoms with Gasteiger partial charge in [0.2, 0.25) is 0 Å². The van der Waals surface area contributed by atoms with Crippen molar-refractivity contribution in [3.8, 4) is 203 Å². The summed E-state index contributed by atoms with van der Waals surface area (Å²) in [5.74, 6) is 2.63. The topological polar surface area (TPSA) is 180 Å². The average molecular weight is 1540 g/mol. The lowest BCUT2D eigenvalue weighted by molar-refractivity contribution is 1.17. The lowest BCUT2D eigenvalue weighted by Gasteiger charge is -2.14. The summed E-state index contributed by atoms with van der Waals surface area (Å²) < 4.78 is 0. The molecule has 10 heterocycles. The minimum absolute atomic E-state index is 0.630. The first-order valence-corrected chi connectivity index (χ1v) is 39.4. The van der Waals surface area contributed by atoms with Gasteiger partial charge in [0.15, 0.2) is 23.3 Å². The molecule has 564 valence electrons. The highest BCUT2D eigenvalue weighted by Crippen LogP contribution is 2.40. The molecule has 0 N–H and O–H groups in total. The summed E-state index contributed by atoms with van der Waals surface area (Å²) in [4.78, 5) is 69.9. The Balaban J connectivity index is 0.000000159. The highest BCUT2D eigenvalue weighted by atomic mass is 14.9. The lowest BCUT2D eigenvalue weighted by Crippen LogP contribution is -1.99. The van der Waals surface area contributed by atoms with E-state index in [4.69, 9.17) is 64.8 Å². The maximum atomic E-state index is 5.23. The van der Waals surface area contributed by atoms with Crippen molar-refractivity contribution < 1.29 is 0 Å². The molecule has 20 aromatic rings. The molecule has 0 aliphatic carbocycles. The Morgan fingerprint density at radius 1 is 0.117 bits per heavy atom. The van der Waals surface area contributed by atoms with E-state index in [2.05, 4.69) is 138 Å². The largest absolute Gasteiger partial charge is 0.255 e. The van der Waals surface area contributed by atoms with Crippen molar-refractivity contribution in [2.24, 2.45) is 0 Å². The normalized spacial score (nSPS) is 11.0. The van der Waals surface area contributed by atoms with Gasteiger partial charge in [0.25, 0.3) is 0 Å². The minimum Gasteiger partial charge on any atom is -0.255 e. The zero-order valence-corrected chi connectivity index (χ0v) is 64.7. The third-order valence-electron chi connectivity index (χ3n) is 20.5. The number of pyridine rings is 6. The minimum atomic E-state index is 0.630. The molecule has 14 nitrogen and oxygen atoms in total. The lowest BCUT2D eigenvalue weighted by atomic mass is 9.97. The molecular weight excluding hydrogens is 1470 g/mol. The fourth-order valence-corrected chi connectivity index (χ4v) is 14.4. The number of nitrogens with zero attached hydrogens (tertiary/aromatic N) is 14. The van der Waals surface area contributed by atoms with Gasteiger partial charge in [-0.25, -0.2) is 49.8 Å². The van der Waals surface area contributed by atoms with E-state index in [1.807, 2.05) is 273 Å². The van der Waals surface area contributed by atoms with E-state index in [1.165, 1.54) is 0 Å². The van der Waals surface area contributed by atoms with Crippen LogP contribution in [0.15, 0.2) is 425 Å². The van der Waals surface area contributed by atoms with Crippen molar-refractivity contribution in [1.29, 1.82) is 0 Å². The Bertz CT molecular complexity index is 6730. The first-order chi connectivity index (χ1) is 59.4. The summed E-state index contributed by atoms with van der Waals surface area (Å²) >= 11 is 0. The van der Waals surface area contributed by atoms with Crippen molar-refractivity contribution in [2.75, 3.05) is 0 Å². The summed E-state index contributed by atoms with van der Waals surface area (Å²) in [6.07, 6.45) is 7.19. The first-order valence-electron chi connectivity index (χ1n) is 39.4. The van der Waals surface area contributed by atoms with Crippen LogP contribution in [0.1, 0.15) is 0 Å². The van der Waals surface area contributed by atoms with Gasteiger partial charge in [0.05, 0.1) is 91.1 Å². The Hall–Kier alpha value is -16.6. The third-order valence-corrected chi connectivity index (χ3v) is 20.5. The third kappa shape index (κ3) is 16.6. The molecule has 0 amide bonds. The van der Waals surface area contributed by atoms with Gasteiger partial charge in [-0.2, -0.15) is 0 Å². The molecule has 0 atom stereocenters. The number of hydrogen-bond acceptors (Lipinski definition) is 14. The summed E-state index contributed by atoms with van der Waals surface area (Å²) in [5.41, 5.74) is 27.9. The molecule has 10 aromatic heterocycles. The van der Waals surface area contributed by atoms with Crippen molar-refractivity contribution in [1.82, 2.24) is 69.8 Å². The highest BCUT2D eigenvalue weighted by molar-refractivity contribution is 5.86. The van der Waals surface area contributed by atoms with E-state index < -0.39 is 0 Å². The van der Waals surface area contributed by atoms with Crippen LogP contribution in [0.2, 0.25) is 0 Å². The van der Waals surface area contributed by atoms with Crippen LogP contribution in [0, 0.1) is 0 Å². The quantitative estimate of drug-likeness (QED) is 0.0791. The summed E-state index contributed by atoms with van der Waals surface area (Å²) in [7, 11) is 0. The molecule has 0 spiro atoms. The molecule has 120 heavy (non-hydrogen) atoms. The first kappa shape index (κ1) is 73.6. The van der Waals surface area contributed by atoms with E-state index in [-0.39, 0.29) is 0 Å². The van der Waals surface area contributed by atoms with Crippen LogP contribution in [0.25, 0.3) is 203 Å². The molecule has 0 bridgehead atoms. The zero-order chi connectivity index (χ0) is 80.2. The summed E-state index contributed by atoms with van der Waals surface area (Å²) in [6.45, 7) is 0. The SMILES string of the molecule is c1ccc(-c2cc(-c3ccc(-c4cc(-c5ccccn5)nc(-c5cc(-c6cc(-c7ccccc7)nc(-c7ccccc7)n6)ccn5)c4)cc3)nc(-c3ccccc3)n2)cc1.c1ccc(-c2cc(-c3cccc(-c4cc(-c5ccccn5)nc(-c5ncccc5-c5cc(-c6ccccc6)nc(-c6ccccc6)n5)c4)c3)nc(-c3ccccc3)n2)cc1. The molecule has 0 fully saturated rings. The van der Waals surface area contributed by atoms with Gasteiger partial charge in [-0.1, -0.05) is 297 Å². The predicted octanol–water partition coefficient (Wildman–Crippen LogP) is 24.9. The molecular formula is C106H70N14.